The highest BCUT2D eigenvalue weighted by Gasteiger charge is 2.33. The summed E-state index contributed by atoms with van der Waals surface area (Å²) in [7, 11) is -2.07. The van der Waals surface area contributed by atoms with Crippen molar-refractivity contribution in [1.82, 2.24) is 9.29 Å². The summed E-state index contributed by atoms with van der Waals surface area (Å²) in [6.07, 6.45) is 1.73. The fourth-order valence-corrected chi connectivity index (χ4v) is 5.43. The van der Waals surface area contributed by atoms with Crippen molar-refractivity contribution in [2.45, 2.75) is 38.5 Å². The summed E-state index contributed by atoms with van der Waals surface area (Å²) in [5, 5.41) is 2.82. The minimum atomic E-state index is -3.61. The van der Waals surface area contributed by atoms with Gasteiger partial charge in [-0.3, -0.25) is 4.79 Å². The molecule has 1 amide bonds. The predicted molar refractivity (Wildman–Crippen MR) is 104 cm³/mol. The van der Waals surface area contributed by atoms with Crippen LogP contribution in [0, 0.1) is 20.8 Å². The van der Waals surface area contributed by atoms with Crippen molar-refractivity contribution < 1.29 is 17.9 Å². The van der Waals surface area contributed by atoms with Crippen molar-refractivity contribution in [2.75, 3.05) is 25.5 Å². The molecule has 1 aromatic carbocycles. The molecule has 7 nitrogen and oxygen atoms in total. The van der Waals surface area contributed by atoms with Crippen LogP contribution in [0.4, 0.5) is 5.69 Å². The Balaban J connectivity index is 1.95. The van der Waals surface area contributed by atoms with Crippen LogP contribution in [0.3, 0.4) is 0 Å². The van der Waals surface area contributed by atoms with Gasteiger partial charge in [-0.1, -0.05) is 6.07 Å². The van der Waals surface area contributed by atoms with Crippen molar-refractivity contribution in [1.29, 1.82) is 0 Å². The summed E-state index contributed by atoms with van der Waals surface area (Å²) >= 11 is 0. The van der Waals surface area contributed by atoms with E-state index in [-0.39, 0.29) is 10.6 Å². The molecule has 0 spiro atoms. The van der Waals surface area contributed by atoms with Crippen LogP contribution in [-0.2, 0) is 10.0 Å². The number of hydrogen-bond acceptors (Lipinski definition) is 4. The van der Waals surface area contributed by atoms with E-state index in [1.165, 1.54) is 11.4 Å². The molecular formula is C19H25N3O4S. The van der Waals surface area contributed by atoms with Gasteiger partial charge in [0, 0.05) is 18.8 Å². The first kappa shape index (κ1) is 19.4. The van der Waals surface area contributed by atoms with Crippen LogP contribution in [0.25, 0.3) is 0 Å². The summed E-state index contributed by atoms with van der Waals surface area (Å²) < 4.78 is 32.7. The van der Waals surface area contributed by atoms with Gasteiger partial charge in [-0.15, -0.1) is 0 Å². The normalized spacial score (nSPS) is 15.1. The number of ether oxygens (including phenoxy) is 1. The van der Waals surface area contributed by atoms with Gasteiger partial charge in [0.2, 0.25) is 10.0 Å². The number of methoxy groups -OCH3 is 1. The quantitative estimate of drug-likeness (QED) is 0.820. The highest BCUT2D eigenvalue weighted by atomic mass is 32.2. The summed E-state index contributed by atoms with van der Waals surface area (Å²) in [6.45, 7) is 6.30. The van der Waals surface area contributed by atoms with Crippen molar-refractivity contribution in [3.05, 3.63) is 40.7 Å². The molecule has 2 aromatic rings. The van der Waals surface area contributed by atoms with Crippen molar-refractivity contribution in [3.63, 3.8) is 0 Å². The molecule has 3 rings (SSSR count). The van der Waals surface area contributed by atoms with E-state index in [2.05, 4.69) is 10.3 Å². The number of carbonyl (C=O) groups is 1. The first-order valence-electron chi connectivity index (χ1n) is 8.91. The van der Waals surface area contributed by atoms with Gasteiger partial charge >= 0.3 is 0 Å². The van der Waals surface area contributed by atoms with Gasteiger partial charge in [0.1, 0.15) is 16.3 Å². The Hall–Kier alpha value is -2.32. The minimum absolute atomic E-state index is 0.200. The number of H-pyrrole nitrogens is 1. The maximum absolute atomic E-state index is 13.0. The van der Waals surface area contributed by atoms with Gasteiger partial charge in [0.25, 0.3) is 5.91 Å². The van der Waals surface area contributed by atoms with Crippen molar-refractivity contribution in [2.24, 2.45) is 0 Å². The Morgan fingerprint density at radius 1 is 1.19 bits per heavy atom. The smallest absolute Gasteiger partial charge is 0.272 e. The van der Waals surface area contributed by atoms with E-state index >= 15 is 0 Å². The highest BCUT2D eigenvalue weighted by Crippen LogP contribution is 2.30. The number of aryl methyl sites for hydroxylation is 2. The van der Waals surface area contributed by atoms with Crippen LogP contribution < -0.4 is 10.1 Å². The van der Waals surface area contributed by atoms with Gasteiger partial charge in [0.05, 0.1) is 12.8 Å². The maximum Gasteiger partial charge on any atom is 0.272 e. The Morgan fingerprint density at radius 3 is 2.48 bits per heavy atom. The lowest BCUT2D eigenvalue weighted by Gasteiger charge is -2.16. The van der Waals surface area contributed by atoms with E-state index in [1.54, 1.807) is 19.9 Å². The first-order valence-corrected chi connectivity index (χ1v) is 10.3. The van der Waals surface area contributed by atoms with Gasteiger partial charge in [-0.25, -0.2) is 8.42 Å². The summed E-state index contributed by atoms with van der Waals surface area (Å²) in [5.74, 6) is 0.141. The maximum atomic E-state index is 13.0. The molecule has 0 bridgehead atoms. The number of sulfonamides is 1. The average Bonchev–Trinajstić information content (AvgIpc) is 3.24. The number of hydrogen-bond donors (Lipinski definition) is 2. The SMILES string of the molecule is COc1ccc(C)cc1NC(=O)c1[nH]c(C)c(S(=O)(=O)N2CCCC2)c1C. The number of anilines is 1. The zero-order valence-corrected chi connectivity index (χ0v) is 16.9. The van der Waals surface area contributed by atoms with Gasteiger partial charge in [-0.05, 0) is 56.9 Å². The third-order valence-corrected chi connectivity index (χ3v) is 7.04. The molecule has 2 N–H and O–H groups in total. The lowest BCUT2D eigenvalue weighted by Crippen LogP contribution is -2.28. The molecule has 0 unspecified atom stereocenters. The van der Waals surface area contributed by atoms with Crippen LogP contribution in [0.5, 0.6) is 5.75 Å². The number of benzene rings is 1. The lowest BCUT2D eigenvalue weighted by atomic mass is 10.2. The monoisotopic (exact) mass is 391 g/mol. The predicted octanol–water partition coefficient (Wildman–Crippen LogP) is 2.99. The van der Waals surface area contributed by atoms with Crippen molar-refractivity contribution >= 4 is 21.6 Å². The zero-order valence-electron chi connectivity index (χ0n) is 16.0. The van der Waals surface area contributed by atoms with Crippen LogP contribution in [0.2, 0.25) is 0 Å². The number of aromatic nitrogens is 1. The Labute approximate surface area is 159 Å². The topological polar surface area (TPSA) is 91.5 Å². The van der Waals surface area contributed by atoms with E-state index in [4.69, 9.17) is 4.74 Å². The highest BCUT2D eigenvalue weighted by molar-refractivity contribution is 7.89. The second-order valence-electron chi connectivity index (χ2n) is 6.85. The van der Waals surface area contributed by atoms with E-state index in [1.807, 2.05) is 19.1 Å². The number of nitrogens with zero attached hydrogens (tertiary/aromatic N) is 1. The first-order chi connectivity index (χ1) is 12.8. The fourth-order valence-electron chi connectivity index (χ4n) is 3.51. The number of carbonyl (C=O) groups excluding carboxylic acids is 1. The standard InChI is InChI=1S/C19H25N3O4S/c1-12-7-8-16(26-4)15(11-12)21-19(23)17-13(2)18(14(3)20-17)27(24,25)22-9-5-6-10-22/h7-8,11,20H,5-6,9-10H2,1-4H3,(H,21,23). The largest absolute Gasteiger partial charge is 0.495 e. The molecular weight excluding hydrogens is 366 g/mol. The molecule has 1 aliphatic rings. The van der Waals surface area contributed by atoms with Crippen LogP contribution in [-0.4, -0.2) is 43.8 Å². The molecule has 1 aromatic heterocycles. The third-order valence-electron chi connectivity index (χ3n) is 4.86. The molecule has 0 aliphatic carbocycles. The average molecular weight is 391 g/mol. The van der Waals surface area contributed by atoms with E-state index in [9.17, 15) is 13.2 Å². The van der Waals surface area contributed by atoms with Crippen LogP contribution >= 0.6 is 0 Å². The fraction of sp³-hybridized carbons (Fsp3) is 0.421. The molecule has 0 radical (unpaired) electrons. The Kier molecular flexibility index (Phi) is 5.30. The zero-order chi connectivity index (χ0) is 19.8. The van der Waals surface area contributed by atoms with Crippen LogP contribution in [0.15, 0.2) is 23.1 Å². The minimum Gasteiger partial charge on any atom is -0.495 e. The molecule has 1 fully saturated rings. The Morgan fingerprint density at radius 2 is 1.85 bits per heavy atom. The van der Waals surface area contributed by atoms with Crippen LogP contribution in [0.1, 0.15) is 40.2 Å². The summed E-state index contributed by atoms with van der Waals surface area (Å²) in [6, 6.07) is 5.48. The second-order valence-corrected chi connectivity index (χ2v) is 8.72. The van der Waals surface area contributed by atoms with Gasteiger partial charge < -0.3 is 15.0 Å². The molecule has 27 heavy (non-hydrogen) atoms. The lowest BCUT2D eigenvalue weighted by molar-refractivity contribution is 0.102. The Bertz CT molecular complexity index is 973. The molecule has 0 atom stereocenters. The third kappa shape index (κ3) is 3.59. The van der Waals surface area contributed by atoms with Crippen molar-refractivity contribution in [3.8, 4) is 5.75 Å². The van der Waals surface area contributed by atoms with Gasteiger partial charge in [0.15, 0.2) is 0 Å². The second kappa shape index (κ2) is 7.36. The number of rotatable bonds is 5. The molecule has 2 heterocycles. The molecule has 146 valence electrons. The molecule has 1 aliphatic heterocycles. The number of aromatic amines is 1. The molecule has 0 saturated carbocycles. The molecule has 1 saturated heterocycles. The van der Waals surface area contributed by atoms with Gasteiger partial charge in [-0.2, -0.15) is 4.31 Å². The number of amides is 1. The molecule has 8 heteroatoms. The summed E-state index contributed by atoms with van der Waals surface area (Å²) in [4.78, 5) is 16.0. The van der Waals surface area contributed by atoms with E-state index in [0.717, 1.165) is 18.4 Å². The van der Waals surface area contributed by atoms with E-state index < -0.39 is 15.9 Å². The summed E-state index contributed by atoms with van der Waals surface area (Å²) in [5.41, 5.74) is 2.67. The number of nitrogens with one attached hydrogen (secondary N) is 2. The van der Waals surface area contributed by atoms with E-state index in [0.29, 0.717) is 35.8 Å².